The lowest BCUT2D eigenvalue weighted by atomic mass is 10.2. The number of carbonyl (C=O) groups excluding carboxylic acids is 2. The van der Waals surface area contributed by atoms with E-state index < -0.39 is 28.5 Å². The van der Waals surface area contributed by atoms with Gasteiger partial charge in [-0.25, -0.2) is 18.2 Å². The van der Waals surface area contributed by atoms with Crippen molar-refractivity contribution in [2.24, 2.45) is 0 Å². The molecule has 0 spiro atoms. The molecule has 12 heteroatoms. The van der Waals surface area contributed by atoms with Gasteiger partial charge < -0.3 is 9.47 Å². The fraction of sp³-hybridized carbons (Fsp3) is 0.318. The van der Waals surface area contributed by atoms with Gasteiger partial charge >= 0.3 is 5.97 Å². The summed E-state index contributed by atoms with van der Waals surface area (Å²) >= 11 is 7.36. The molecule has 0 unspecified atom stereocenters. The molecule has 1 aromatic heterocycles. The Kier molecular flexibility index (Phi) is 7.36. The molecule has 1 aliphatic heterocycles. The Hall–Kier alpha value is -2.73. The molecule has 1 N–H and O–H groups in total. The van der Waals surface area contributed by atoms with Gasteiger partial charge in [-0.3, -0.25) is 10.1 Å². The average Bonchev–Trinajstić information content (AvgIpc) is 3.24. The normalized spacial score (nSPS) is 14.6. The minimum atomic E-state index is -3.75. The molecule has 0 atom stereocenters. The van der Waals surface area contributed by atoms with E-state index >= 15 is 0 Å². The summed E-state index contributed by atoms with van der Waals surface area (Å²) in [4.78, 5) is 29.1. The molecule has 2 aromatic carbocycles. The second-order valence-electron chi connectivity index (χ2n) is 7.58. The number of sulfonamides is 1. The van der Waals surface area contributed by atoms with Gasteiger partial charge in [0.2, 0.25) is 10.0 Å². The molecule has 0 bridgehead atoms. The largest absolute Gasteiger partial charge is 0.497 e. The van der Waals surface area contributed by atoms with Crippen molar-refractivity contribution in [1.82, 2.24) is 9.29 Å². The van der Waals surface area contributed by atoms with Crippen molar-refractivity contribution < 1.29 is 27.5 Å². The molecule has 0 saturated carbocycles. The highest BCUT2D eigenvalue weighted by molar-refractivity contribution is 7.89. The molecule has 1 fully saturated rings. The van der Waals surface area contributed by atoms with Gasteiger partial charge in [-0.15, -0.1) is 0 Å². The van der Waals surface area contributed by atoms with Crippen molar-refractivity contribution in [3.63, 3.8) is 0 Å². The van der Waals surface area contributed by atoms with Crippen LogP contribution in [-0.4, -0.2) is 56.4 Å². The lowest BCUT2D eigenvalue weighted by Gasteiger charge is -2.26. The van der Waals surface area contributed by atoms with Crippen LogP contribution in [-0.2, 0) is 19.6 Å². The number of piperidine rings is 1. The van der Waals surface area contributed by atoms with Crippen LogP contribution in [0.4, 0.5) is 5.13 Å². The fourth-order valence-electron chi connectivity index (χ4n) is 3.53. The number of aromatic nitrogens is 1. The Morgan fingerprint density at radius 1 is 1.15 bits per heavy atom. The molecule has 0 aliphatic carbocycles. The molecular weight excluding hydrogens is 502 g/mol. The first-order valence-electron chi connectivity index (χ1n) is 10.5. The molecule has 3 aromatic rings. The number of methoxy groups -OCH3 is 1. The molecule has 34 heavy (non-hydrogen) atoms. The number of amides is 1. The van der Waals surface area contributed by atoms with E-state index in [-0.39, 0.29) is 15.5 Å². The number of thiazole rings is 1. The zero-order chi connectivity index (χ0) is 24.3. The van der Waals surface area contributed by atoms with Gasteiger partial charge in [0.15, 0.2) is 11.7 Å². The van der Waals surface area contributed by atoms with Crippen LogP contribution in [0.15, 0.2) is 41.3 Å². The van der Waals surface area contributed by atoms with Gasteiger partial charge in [-0.2, -0.15) is 4.31 Å². The summed E-state index contributed by atoms with van der Waals surface area (Å²) < 4.78 is 38.3. The van der Waals surface area contributed by atoms with E-state index in [2.05, 4.69) is 10.3 Å². The van der Waals surface area contributed by atoms with Crippen molar-refractivity contribution >= 4 is 60.2 Å². The first-order chi connectivity index (χ1) is 16.3. The second kappa shape index (κ2) is 10.3. The van der Waals surface area contributed by atoms with E-state index in [0.717, 1.165) is 24.0 Å². The van der Waals surface area contributed by atoms with Crippen molar-refractivity contribution in [2.75, 3.05) is 32.1 Å². The number of anilines is 1. The SMILES string of the molecule is COc1ccc2nc(NC(=O)COC(=O)c3cc(S(=O)(=O)N4CCCCC4)ccc3Cl)sc2c1. The standard InChI is InChI=1S/C22H22ClN3O6S2/c1-31-14-5-8-18-19(11-14)33-22(24-18)25-20(27)13-32-21(28)16-12-15(6-7-17(16)23)34(29,30)26-9-3-2-4-10-26/h5-8,11-12H,2-4,9-10,13H2,1H3,(H,24,25,27). The minimum Gasteiger partial charge on any atom is -0.497 e. The van der Waals surface area contributed by atoms with Crippen molar-refractivity contribution in [3.8, 4) is 5.75 Å². The summed E-state index contributed by atoms with van der Waals surface area (Å²) in [5, 5.41) is 2.96. The molecular formula is C22H22ClN3O6S2. The Morgan fingerprint density at radius 2 is 1.91 bits per heavy atom. The van der Waals surface area contributed by atoms with Crippen LogP contribution < -0.4 is 10.1 Å². The van der Waals surface area contributed by atoms with Crippen LogP contribution in [0.1, 0.15) is 29.6 Å². The summed E-state index contributed by atoms with van der Waals surface area (Å²) in [6, 6.07) is 9.22. The van der Waals surface area contributed by atoms with Crippen LogP contribution in [0, 0.1) is 0 Å². The number of hydrogen-bond acceptors (Lipinski definition) is 8. The lowest BCUT2D eigenvalue weighted by molar-refractivity contribution is -0.119. The monoisotopic (exact) mass is 523 g/mol. The number of nitrogens with one attached hydrogen (secondary N) is 1. The van der Waals surface area contributed by atoms with E-state index in [4.69, 9.17) is 21.1 Å². The number of benzene rings is 2. The quantitative estimate of drug-likeness (QED) is 0.466. The number of halogens is 1. The van der Waals surface area contributed by atoms with Crippen LogP contribution >= 0.6 is 22.9 Å². The maximum Gasteiger partial charge on any atom is 0.340 e. The maximum absolute atomic E-state index is 12.9. The van der Waals surface area contributed by atoms with Crippen LogP contribution in [0.5, 0.6) is 5.75 Å². The van der Waals surface area contributed by atoms with Gasteiger partial charge in [-0.05, 0) is 49.2 Å². The van der Waals surface area contributed by atoms with Crippen LogP contribution in [0.3, 0.4) is 0 Å². The number of carbonyl (C=O) groups is 2. The number of esters is 1. The summed E-state index contributed by atoms with van der Waals surface area (Å²) in [5.74, 6) is -0.818. The minimum absolute atomic E-state index is 0.0307. The second-order valence-corrected chi connectivity index (χ2v) is 11.0. The first-order valence-corrected chi connectivity index (χ1v) is 13.1. The number of nitrogens with zero attached hydrogens (tertiary/aromatic N) is 2. The molecule has 0 radical (unpaired) electrons. The van der Waals surface area contributed by atoms with Gasteiger partial charge in [0.1, 0.15) is 5.75 Å². The molecule has 9 nitrogen and oxygen atoms in total. The lowest BCUT2D eigenvalue weighted by Crippen LogP contribution is -2.35. The first kappa shape index (κ1) is 24.4. The van der Waals surface area contributed by atoms with Crippen molar-refractivity contribution in [1.29, 1.82) is 0 Å². The number of hydrogen-bond donors (Lipinski definition) is 1. The zero-order valence-electron chi connectivity index (χ0n) is 18.2. The van der Waals surface area contributed by atoms with E-state index in [1.54, 1.807) is 25.3 Å². The highest BCUT2D eigenvalue weighted by atomic mass is 35.5. The van der Waals surface area contributed by atoms with Crippen LogP contribution in [0.25, 0.3) is 10.2 Å². The van der Waals surface area contributed by atoms with E-state index in [1.165, 1.54) is 33.8 Å². The predicted octanol–water partition coefficient (Wildman–Crippen LogP) is 3.93. The van der Waals surface area contributed by atoms with Crippen molar-refractivity contribution in [2.45, 2.75) is 24.2 Å². The molecule has 180 valence electrons. The van der Waals surface area contributed by atoms with E-state index in [9.17, 15) is 18.0 Å². The molecule has 4 rings (SSSR count). The van der Waals surface area contributed by atoms with Crippen LogP contribution in [0.2, 0.25) is 5.02 Å². The van der Waals surface area contributed by atoms with E-state index in [0.29, 0.717) is 29.5 Å². The molecule has 2 heterocycles. The Balaban J connectivity index is 1.41. The smallest absolute Gasteiger partial charge is 0.340 e. The molecule has 1 aliphatic rings. The molecule has 1 amide bonds. The fourth-order valence-corrected chi connectivity index (χ4v) is 6.17. The highest BCUT2D eigenvalue weighted by Gasteiger charge is 2.27. The zero-order valence-corrected chi connectivity index (χ0v) is 20.6. The van der Waals surface area contributed by atoms with E-state index in [1.807, 2.05) is 0 Å². The summed E-state index contributed by atoms with van der Waals surface area (Å²) in [6.07, 6.45) is 2.57. The number of ether oxygens (including phenoxy) is 2. The van der Waals surface area contributed by atoms with Crippen molar-refractivity contribution in [3.05, 3.63) is 47.0 Å². The number of rotatable bonds is 7. The number of fused-ring (bicyclic) bond motifs is 1. The van der Waals surface area contributed by atoms with Gasteiger partial charge in [0.05, 0.1) is 32.8 Å². The predicted molar refractivity (Wildman–Crippen MR) is 129 cm³/mol. The maximum atomic E-state index is 12.9. The Bertz CT molecular complexity index is 1340. The van der Waals surface area contributed by atoms with Gasteiger partial charge in [0.25, 0.3) is 5.91 Å². The average molecular weight is 524 g/mol. The summed E-state index contributed by atoms with van der Waals surface area (Å²) in [5.41, 5.74) is 0.566. The third-order valence-corrected chi connectivity index (χ3v) is 8.44. The Labute approximate surface area is 205 Å². The third-order valence-electron chi connectivity index (χ3n) is 5.29. The highest BCUT2D eigenvalue weighted by Crippen LogP contribution is 2.29. The topological polar surface area (TPSA) is 115 Å². The Morgan fingerprint density at radius 3 is 2.65 bits per heavy atom. The molecule has 1 saturated heterocycles. The van der Waals surface area contributed by atoms with Gasteiger partial charge in [-0.1, -0.05) is 29.4 Å². The summed E-state index contributed by atoms with van der Waals surface area (Å²) in [7, 11) is -2.19. The summed E-state index contributed by atoms with van der Waals surface area (Å²) in [6.45, 7) is 0.282. The van der Waals surface area contributed by atoms with Gasteiger partial charge in [0, 0.05) is 13.1 Å². The third kappa shape index (κ3) is 5.33.